The summed E-state index contributed by atoms with van der Waals surface area (Å²) in [6.07, 6.45) is 3.06. The van der Waals surface area contributed by atoms with E-state index in [1.165, 1.54) is 13.2 Å². The van der Waals surface area contributed by atoms with E-state index in [0.29, 0.717) is 5.75 Å². The van der Waals surface area contributed by atoms with Gasteiger partial charge in [0, 0.05) is 6.08 Å². The van der Waals surface area contributed by atoms with Gasteiger partial charge in [-0.3, -0.25) is 0 Å². The van der Waals surface area contributed by atoms with Crippen molar-refractivity contribution in [2.75, 3.05) is 14.2 Å². The number of methoxy groups -OCH3 is 2. The molecule has 0 heterocycles. The molecule has 1 rings (SSSR count). The number of hydrogen-bond donors (Lipinski definition) is 0. The van der Waals surface area contributed by atoms with Gasteiger partial charge in [0.15, 0.2) is 5.75 Å². The molecule has 1 aromatic carbocycles. The number of esters is 1. The van der Waals surface area contributed by atoms with Crippen LogP contribution in [0.3, 0.4) is 0 Å². The number of carbonyl (C=O) groups is 1. The smallest absolute Gasteiger partial charge is 0.330 e. The Labute approximate surface area is 134 Å². The summed E-state index contributed by atoms with van der Waals surface area (Å²) in [6.45, 7) is 11.0. The SMILES string of the molecule is COC(=O)/C=C/c1ccc(O[Si](C)(C)C(C)(C)C)c(OC)c1. The highest BCUT2D eigenvalue weighted by atomic mass is 28.4. The lowest BCUT2D eigenvalue weighted by Crippen LogP contribution is -2.43. The minimum absolute atomic E-state index is 0.113. The second-order valence-corrected chi connectivity index (χ2v) is 11.4. The van der Waals surface area contributed by atoms with E-state index >= 15 is 0 Å². The van der Waals surface area contributed by atoms with Crippen molar-refractivity contribution < 1.29 is 18.7 Å². The van der Waals surface area contributed by atoms with Gasteiger partial charge in [-0.05, 0) is 41.9 Å². The summed E-state index contributed by atoms with van der Waals surface area (Å²) in [7, 11) is 1.04. The molecule has 0 unspecified atom stereocenters. The van der Waals surface area contributed by atoms with E-state index in [2.05, 4.69) is 38.6 Å². The van der Waals surface area contributed by atoms with Crippen LogP contribution in [-0.4, -0.2) is 28.5 Å². The lowest BCUT2D eigenvalue weighted by Gasteiger charge is -2.36. The largest absolute Gasteiger partial charge is 0.541 e. The van der Waals surface area contributed by atoms with Crippen LogP contribution < -0.4 is 9.16 Å². The molecule has 0 bridgehead atoms. The van der Waals surface area contributed by atoms with Crippen molar-refractivity contribution in [2.24, 2.45) is 0 Å². The molecule has 5 heteroatoms. The third-order valence-electron chi connectivity index (χ3n) is 3.97. The number of hydrogen-bond acceptors (Lipinski definition) is 4. The molecule has 0 aliphatic carbocycles. The zero-order valence-electron chi connectivity index (χ0n) is 14.5. The first kappa shape index (κ1) is 18.3. The molecule has 0 saturated heterocycles. The Balaban J connectivity index is 3.04. The van der Waals surface area contributed by atoms with E-state index in [4.69, 9.17) is 9.16 Å². The molecular weight excluding hydrogens is 296 g/mol. The molecule has 0 saturated carbocycles. The topological polar surface area (TPSA) is 44.8 Å². The quantitative estimate of drug-likeness (QED) is 0.461. The van der Waals surface area contributed by atoms with Crippen molar-refractivity contribution in [2.45, 2.75) is 38.9 Å². The van der Waals surface area contributed by atoms with Gasteiger partial charge in [-0.15, -0.1) is 0 Å². The van der Waals surface area contributed by atoms with Crippen molar-refractivity contribution in [1.29, 1.82) is 0 Å². The number of rotatable bonds is 5. The van der Waals surface area contributed by atoms with Crippen LogP contribution in [0.5, 0.6) is 11.5 Å². The van der Waals surface area contributed by atoms with E-state index in [0.717, 1.165) is 11.3 Å². The van der Waals surface area contributed by atoms with Crippen LogP contribution in [0, 0.1) is 0 Å². The van der Waals surface area contributed by atoms with Gasteiger partial charge in [-0.1, -0.05) is 26.8 Å². The first-order valence-corrected chi connectivity index (χ1v) is 10.1. The molecule has 4 nitrogen and oxygen atoms in total. The minimum Gasteiger partial charge on any atom is -0.541 e. The summed E-state index contributed by atoms with van der Waals surface area (Å²) in [6, 6.07) is 5.63. The van der Waals surface area contributed by atoms with Crippen LogP contribution in [0.2, 0.25) is 18.1 Å². The highest BCUT2D eigenvalue weighted by molar-refractivity contribution is 6.74. The molecule has 1 aromatic rings. The summed E-state index contributed by atoms with van der Waals surface area (Å²) in [5, 5.41) is 0.113. The fraction of sp³-hybridized carbons (Fsp3) is 0.471. The second-order valence-electron chi connectivity index (χ2n) is 6.63. The lowest BCUT2D eigenvalue weighted by molar-refractivity contribution is -0.134. The first-order chi connectivity index (χ1) is 10.1. The Morgan fingerprint density at radius 2 is 1.77 bits per heavy atom. The highest BCUT2D eigenvalue weighted by Crippen LogP contribution is 2.40. The minimum atomic E-state index is -1.93. The Bertz CT molecular complexity index is 556. The molecule has 0 aliphatic rings. The van der Waals surface area contributed by atoms with Gasteiger partial charge in [0.05, 0.1) is 14.2 Å². The zero-order valence-corrected chi connectivity index (χ0v) is 15.5. The van der Waals surface area contributed by atoms with Gasteiger partial charge < -0.3 is 13.9 Å². The van der Waals surface area contributed by atoms with E-state index in [-0.39, 0.29) is 11.0 Å². The van der Waals surface area contributed by atoms with Crippen LogP contribution >= 0.6 is 0 Å². The average molecular weight is 322 g/mol. The summed E-state index contributed by atoms with van der Waals surface area (Å²) >= 11 is 0. The number of ether oxygens (including phenoxy) is 2. The van der Waals surface area contributed by atoms with Crippen LogP contribution in [0.1, 0.15) is 26.3 Å². The molecule has 0 spiro atoms. The lowest BCUT2D eigenvalue weighted by atomic mass is 10.2. The molecule has 0 aliphatic heterocycles. The van der Waals surface area contributed by atoms with Crippen molar-refractivity contribution in [3.63, 3.8) is 0 Å². The second kappa shape index (κ2) is 7.00. The Morgan fingerprint density at radius 1 is 1.14 bits per heavy atom. The van der Waals surface area contributed by atoms with Crippen molar-refractivity contribution in [1.82, 2.24) is 0 Å². The summed E-state index contributed by atoms with van der Waals surface area (Å²) in [5.74, 6) is 1.02. The van der Waals surface area contributed by atoms with Crippen LogP contribution in [0.15, 0.2) is 24.3 Å². The maximum atomic E-state index is 11.1. The van der Waals surface area contributed by atoms with Crippen molar-refractivity contribution >= 4 is 20.4 Å². The molecule has 0 amide bonds. The molecule has 0 atom stereocenters. The number of carbonyl (C=O) groups excluding carboxylic acids is 1. The number of benzene rings is 1. The fourth-order valence-electron chi connectivity index (χ4n) is 1.53. The van der Waals surface area contributed by atoms with E-state index in [9.17, 15) is 4.79 Å². The van der Waals surface area contributed by atoms with Crippen LogP contribution in [-0.2, 0) is 9.53 Å². The van der Waals surface area contributed by atoms with Gasteiger partial charge in [-0.2, -0.15) is 0 Å². The Morgan fingerprint density at radius 3 is 2.27 bits per heavy atom. The average Bonchev–Trinajstić information content (AvgIpc) is 2.44. The predicted molar refractivity (Wildman–Crippen MR) is 91.9 cm³/mol. The summed E-state index contributed by atoms with van der Waals surface area (Å²) in [5.41, 5.74) is 0.852. The van der Waals surface area contributed by atoms with Crippen molar-refractivity contribution in [3.05, 3.63) is 29.8 Å². The van der Waals surface area contributed by atoms with Gasteiger partial charge in [0.1, 0.15) is 5.75 Å². The van der Waals surface area contributed by atoms with E-state index < -0.39 is 8.32 Å². The van der Waals surface area contributed by atoms with E-state index in [1.807, 2.05) is 18.2 Å². The van der Waals surface area contributed by atoms with Gasteiger partial charge in [-0.25, -0.2) is 4.79 Å². The molecule has 0 fully saturated rings. The van der Waals surface area contributed by atoms with Crippen LogP contribution in [0.25, 0.3) is 6.08 Å². The van der Waals surface area contributed by atoms with Crippen LogP contribution in [0.4, 0.5) is 0 Å². The van der Waals surface area contributed by atoms with Gasteiger partial charge in [0.2, 0.25) is 0 Å². The molecule has 22 heavy (non-hydrogen) atoms. The highest BCUT2D eigenvalue weighted by Gasteiger charge is 2.39. The molecule has 122 valence electrons. The monoisotopic (exact) mass is 322 g/mol. The van der Waals surface area contributed by atoms with Gasteiger partial charge in [0.25, 0.3) is 8.32 Å². The van der Waals surface area contributed by atoms with E-state index in [1.54, 1.807) is 13.2 Å². The maximum absolute atomic E-state index is 11.1. The standard InChI is InChI=1S/C17H26O4Si/c1-17(2,3)22(6,7)21-14-10-8-13(12-15(14)19-4)9-11-16(18)20-5/h8-12H,1-7H3/b11-9+. The fourth-order valence-corrected chi connectivity index (χ4v) is 2.56. The summed E-state index contributed by atoms with van der Waals surface area (Å²) < 4.78 is 16.3. The Hall–Kier alpha value is -1.75. The Kier molecular flexibility index (Phi) is 5.83. The zero-order chi connectivity index (χ0) is 17.0. The third-order valence-corrected chi connectivity index (χ3v) is 8.31. The predicted octanol–water partition coefficient (Wildman–Crippen LogP) is 4.27. The molecule has 0 N–H and O–H groups in total. The third kappa shape index (κ3) is 4.63. The molecular formula is C17H26O4Si. The summed E-state index contributed by atoms with van der Waals surface area (Å²) in [4.78, 5) is 11.1. The van der Waals surface area contributed by atoms with Crippen molar-refractivity contribution in [3.8, 4) is 11.5 Å². The molecule has 0 radical (unpaired) electrons. The first-order valence-electron chi connectivity index (χ1n) is 7.24. The van der Waals surface area contributed by atoms with Gasteiger partial charge >= 0.3 is 5.97 Å². The normalized spacial score (nSPS) is 12.3. The molecule has 0 aromatic heterocycles. The maximum Gasteiger partial charge on any atom is 0.330 e.